The van der Waals surface area contributed by atoms with Crippen LogP contribution >= 0.6 is 0 Å². The number of halogens is 1. The van der Waals surface area contributed by atoms with Gasteiger partial charge in [0.05, 0.1) is 11.8 Å². The van der Waals surface area contributed by atoms with Gasteiger partial charge in [0.1, 0.15) is 17.3 Å². The Balaban J connectivity index is 1.54. The number of hydrazone groups is 1. The summed E-state index contributed by atoms with van der Waals surface area (Å²) in [7, 11) is 0. The van der Waals surface area contributed by atoms with Gasteiger partial charge in [0.25, 0.3) is 5.91 Å². The monoisotopic (exact) mass is 420 g/mol. The number of esters is 1. The van der Waals surface area contributed by atoms with Crippen molar-refractivity contribution in [2.75, 3.05) is 6.61 Å². The highest BCUT2D eigenvalue weighted by atomic mass is 19.1. The van der Waals surface area contributed by atoms with Gasteiger partial charge in [0, 0.05) is 0 Å². The predicted molar refractivity (Wildman–Crippen MR) is 115 cm³/mol. The molecule has 6 nitrogen and oxygen atoms in total. The summed E-state index contributed by atoms with van der Waals surface area (Å²) in [5, 5.41) is 3.89. The number of para-hydroxylation sites is 1. The predicted octanol–water partition coefficient (Wildman–Crippen LogP) is 4.19. The van der Waals surface area contributed by atoms with Gasteiger partial charge in [0.2, 0.25) is 0 Å². The fraction of sp³-hybridized carbons (Fsp3) is 0.125. The lowest BCUT2D eigenvalue weighted by Crippen LogP contribution is -2.25. The van der Waals surface area contributed by atoms with E-state index in [1.54, 1.807) is 24.3 Å². The number of nitrogens with zero attached hydrogens (tertiary/aromatic N) is 1. The van der Waals surface area contributed by atoms with E-state index in [9.17, 15) is 14.0 Å². The summed E-state index contributed by atoms with van der Waals surface area (Å²) >= 11 is 0. The first-order chi connectivity index (χ1) is 14.9. The van der Waals surface area contributed by atoms with Crippen LogP contribution < -0.4 is 14.9 Å². The van der Waals surface area contributed by atoms with Crippen molar-refractivity contribution in [3.63, 3.8) is 0 Å². The van der Waals surface area contributed by atoms with Gasteiger partial charge in [-0.1, -0.05) is 36.4 Å². The summed E-state index contributed by atoms with van der Waals surface area (Å²) in [5.74, 6) is -0.664. The molecule has 0 saturated heterocycles. The second kappa shape index (κ2) is 10.2. The number of hydrogen-bond acceptors (Lipinski definition) is 5. The first-order valence-electron chi connectivity index (χ1n) is 9.51. The molecule has 0 heterocycles. The normalized spacial score (nSPS) is 10.7. The van der Waals surface area contributed by atoms with Crippen molar-refractivity contribution < 1.29 is 23.5 Å². The summed E-state index contributed by atoms with van der Waals surface area (Å²) in [4.78, 5) is 24.1. The molecule has 1 amide bonds. The molecule has 0 aliphatic rings. The van der Waals surface area contributed by atoms with E-state index < -0.39 is 17.7 Å². The second-order valence-corrected chi connectivity index (χ2v) is 6.78. The number of rotatable bonds is 7. The van der Waals surface area contributed by atoms with Crippen molar-refractivity contribution in [3.8, 4) is 11.5 Å². The van der Waals surface area contributed by atoms with Crippen LogP contribution in [0.15, 0.2) is 71.8 Å². The topological polar surface area (TPSA) is 77.0 Å². The van der Waals surface area contributed by atoms with Gasteiger partial charge in [-0.3, -0.25) is 4.79 Å². The number of carbonyl (C=O) groups is 2. The molecule has 1 N–H and O–H groups in total. The number of hydrogen-bond donors (Lipinski definition) is 1. The third-order valence-electron chi connectivity index (χ3n) is 4.29. The third-order valence-corrected chi connectivity index (χ3v) is 4.29. The fourth-order valence-corrected chi connectivity index (χ4v) is 2.82. The average Bonchev–Trinajstić information content (AvgIpc) is 2.74. The lowest BCUT2D eigenvalue weighted by atomic mass is 10.1. The minimum atomic E-state index is -0.675. The fourth-order valence-electron chi connectivity index (χ4n) is 2.82. The van der Waals surface area contributed by atoms with Crippen molar-refractivity contribution in [3.05, 3.63) is 94.8 Å². The van der Waals surface area contributed by atoms with E-state index in [0.29, 0.717) is 11.3 Å². The smallest absolute Gasteiger partial charge is 0.343 e. The molecule has 3 aromatic carbocycles. The molecule has 0 saturated carbocycles. The van der Waals surface area contributed by atoms with Crippen molar-refractivity contribution >= 4 is 18.1 Å². The molecule has 158 valence electrons. The Hall–Kier alpha value is -4.00. The molecular formula is C24H21FN2O4. The van der Waals surface area contributed by atoms with E-state index in [2.05, 4.69) is 10.5 Å². The van der Waals surface area contributed by atoms with Crippen molar-refractivity contribution in [1.29, 1.82) is 0 Å². The minimum absolute atomic E-state index is 0.107. The Morgan fingerprint density at radius 1 is 1.00 bits per heavy atom. The lowest BCUT2D eigenvalue weighted by molar-refractivity contribution is -0.123. The molecule has 0 bridgehead atoms. The number of ether oxygens (including phenoxy) is 2. The molecule has 0 fully saturated rings. The number of amides is 1. The van der Waals surface area contributed by atoms with Crippen molar-refractivity contribution in [1.82, 2.24) is 5.43 Å². The molecule has 0 aliphatic heterocycles. The maximum absolute atomic E-state index is 13.3. The molecule has 0 aliphatic carbocycles. The number of benzene rings is 3. The highest BCUT2D eigenvalue weighted by Gasteiger charge is 2.10. The summed E-state index contributed by atoms with van der Waals surface area (Å²) in [5.41, 5.74) is 4.98. The van der Waals surface area contributed by atoms with Crippen LogP contribution in [0.3, 0.4) is 0 Å². The average molecular weight is 420 g/mol. The molecule has 31 heavy (non-hydrogen) atoms. The highest BCUT2D eigenvalue weighted by Crippen LogP contribution is 2.22. The van der Waals surface area contributed by atoms with Gasteiger partial charge < -0.3 is 9.47 Å². The zero-order valence-electron chi connectivity index (χ0n) is 17.1. The Bertz CT molecular complexity index is 1110. The van der Waals surface area contributed by atoms with E-state index in [1.165, 1.54) is 24.4 Å². The molecule has 0 spiro atoms. The Morgan fingerprint density at radius 2 is 1.71 bits per heavy atom. The van der Waals surface area contributed by atoms with Crippen molar-refractivity contribution in [2.24, 2.45) is 5.10 Å². The van der Waals surface area contributed by atoms with Gasteiger partial charge in [-0.25, -0.2) is 14.6 Å². The first-order valence-corrected chi connectivity index (χ1v) is 9.51. The molecule has 0 radical (unpaired) electrons. The maximum atomic E-state index is 13.3. The molecular weight excluding hydrogens is 399 g/mol. The van der Waals surface area contributed by atoms with Gasteiger partial charge >= 0.3 is 5.97 Å². The first kappa shape index (κ1) is 21.7. The number of nitrogens with one attached hydrogen (secondary N) is 1. The summed E-state index contributed by atoms with van der Waals surface area (Å²) in [6, 6.07) is 17.5. The summed E-state index contributed by atoms with van der Waals surface area (Å²) in [6.45, 7) is 3.65. The van der Waals surface area contributed by atoms with Crippen LogP contribution in [0.5, 0.6) is 11.5 Å². The van der Waals surface area contributed by atoms with E-state index in [0.717, 1.165) is 17.2 Å². The SMILES string of the molecule is Cc1cccc(C)c1OCC(=O)N/N=C\c1cccc(OC(=O)c2cccc(F)c2)c1. The largest absolute Gasteiger partial charge is 0.483 e. The van der Waals surface area contributed by atoms with Crippen LogP contribution in [0.25, 0.3) is 0 Å². The van der Waals surface area contributed by atoms with E-state index >= 15 is 0 Å². The van der Waals surface area contributed by atoms with Crippen LogP contribution in [0.2, 0.25) is 0 Å². The van der Waals surface area contributed by atoms with Gasteiger partial charge in [0.15, 0.2) is 6.61 Å². The standard InChI is InChI=1S/C24H21FN2O4/c1-16-6-3-7-17(2)23(16)30-15-22(28)27-26-14-18-8-4-11-21(12-18)31-24(29)19-9-5-10-20(25)13-19/h3-14H,15H2,1-2H3,(H,27,28)/b26-14-. The van der Waals surface area contributed by atoms with Gasteiger partial charge in [-0.05, 0) is 60.9 Å². The Labute approximate surface area is 179 Å². The summed E-state index contributed by atoms with van der Waals surface area (Å²) < 4.78 is 24.1. The molecule has 3 rings (SSSR count). The third kappa shape index (κ3) is 6.24. The van der Waals surface area contributed by atoms with Crippen LogP contribution in [0.1, 0.15) is 27.0 Å². The zero-order valence-corrected chi connectivity index (χ0v) is 17.1. The van der Waals surface area contributed by atoms with E-state index in [1.807, 2.05) is 32.0 Å². The zero-order chi connectivity index (χ0) is 22.2. The van der Waals surface area contributed by atoms with Crippen LogP contribution in [-0.4, -0.2) is 24.7 Å². The van der Waals surface area contributed by atoms with Gasteiger partial charge in [-0.2, -0.15) is 5.10 Å². The Morgan fingerprint density at radius 3 is 2.45 bits per heavy atom. The number of carbonyl (C=O) groups excluding carboxylic acids is 2. The quantitative estimate of drug-likeness (QED) is 0.269. The summed E-state index contributed by atoms with van der Waals surface area (Å²) in [6.07, 6.45) is 1.41. The highest BCUT2D eigenvalue weighted by molar-refractivity contribution is 5.91. The second-order valence-electron chi connectivity index (χ2n) is 6.78. The van der Waals surface area contributed by atoms with E-state index in [4.69, 9.17) is 9.47 Å². The molecule has 0 unspecified atom stereocenters. The molecule has 0 atom stereocenters. The van der Waals surface area contributed by atoms with Crippen molar-refractivity contribution in [2.45, 2.75) is 13.8 Å². The van der Waals surface area contributed by atoms with E-state index in [-0.39, 0.29) is 17.9 Å². The Kier molecular flexibility index (Phi) is 7.11. The lowest BCUT2D eigenvalue weighted by Gasteiger charge is -2.10. The van der Waals surface area contributed by atoms with Crippen LogP contribution in [-0.2, 0) is 4.79 Å². The molecule has 0 aromatic heterocycles. The van der Waals surface area contributed by atoms with Crippen LogP contribution in [0, 0.1) is 19.7 Å². The molecule has 7 heteroatoms. The van der Waals surface area contributed by atoms with Gasteiger partial charge in [-0.15, -0.1) is 0 Å². The minimum Gasteiger partial charge on any atom is -0.483 e. The van der Waals surface area contributed by atoms with Crippen LogP contribution in [0.4, 0.5) is 4.39 Å². The molecule has 3 aromatic rings. The number of aryl methyl sites for hydroxylation is 2. The maximum Gasteiger partial charge on any atom is 0.343 e.